The lowest BCUT2D eigenvalue weighted by Gasteiger charge is -2.26. The number of nitrogens with one attached hydrogen (secondary N) is 1. The molecule has 4 nitrogen and oxygen atoms in total. The molecule has 1 aromatic carbocycles. The van der Waals surface area contributed by atoms with E-state index in [-0.39, 0.29) is 5.56 Å². The van der Waals surface area contributed by atoms with Gasteiger partial charge in [-0.3, -0.25) is 4.79 Å². The molecule has 0 aromatic heterocycles. The number of halogens is 4. The SMILES string of the molecule is Cc1cc(C(C)(I)NC(=O)C(F)(F)F)ccc1C(=O)O. The van der Waals surface area contributed by atoms with Gasteiger partial charge in [0.05, 0.1) is 5.56 Å². The fraction of sp³-hybridized carbons (Fsp3) is 0.333. The normalized spacial score (nSPS) is 14.5. The van der Waals surface area contributed by atoms with E-state index in [4.69, 9.17) is 5.11 Å². The first-order chi connectivity index (χ1) is 8.95. The highest BCUT2D eigenvalue weighted by molar-refractivity contribution is 14.1. The van der Waals surface area contributed by atoms with Gasteiger partial charge in [-0.1, -0.05) is 12.1 Å². The summed E-state index contributed by atoms with van der Waals surface area (Å²) in [6, 6.07) is 4.11. The number of alkyl halides is 4. The van der Waals surface area contributed by atoms with Gasteiger partial charge >= 0.3 is 18.1 Å². The molecule has 1 aromatic rings. The van der Waals surface area contributed by atoms with Gasteiger partial charge in [0.2, 0.25) is 0 Å². The number of carboxylic acid groups (broad SMARTS) is 1. The fourth-order valence-electron chi connectivity index (χ4n) is 1.55. The van der Waals surface area contributed by atoms with Crippen molar-refractivity contribution in [1.29, 1.82) is 0 Å². The van der Waals surface area contributed by atoms with E-state index in [0.717, 1.165) is 0 Å². The Morgan fingerprint density at radius 3 is 2.25 bits per heavy atom. The van der Waals surface area contributed by atoms with Crippen molar-refractivity contribution in [3.8, 4) is 0 Å². The zero-order chi connectivity index (χ0) is 15.7. The predicted octanol–water partition coefficient (Wildman–Crippen LogP) is 2.98. The minimum absolute atomic E-state index is 0.0584. The first-order valence-corrected chi connectivity index (χ1v) is 6.45. The second-order valence-electron chi connectivity index (χ2n) is 4.29. The van der Waals surface area contributed by atoms with Crippen molar-refractivity contribution in [1.82, 2.24) is 5.32 Å². The van der Waals surface area contributed by atoms with Gasteiger partial charge in [-0.25, -0.2) is 4.79 Å². The Morgan fingerprint density at radius 1 is 1.30 bits per heavy atom. The van der Waals surface area contributed by atoms with E-state index in [0.29, 0.717) is 11.1 Å². The maximum atomic E-state index is 12.3. The Kier molecular flexibility index (Phi) is 4.67. The van der Waals surface area contributed by atoms with Crippen LogP contribution in [0, 0.1) is 6.92 Å². The van der Waals surface area contributed by atoms with Gasteiger partial charge in [0.15, 0.2) is 0 Å². The molecular weight excluding hydrogens is 390 g/mol. The number of carbonyl (C=O) groups is 2. The second kappa shape index (κ2) is 5.58. The fourth-order valence-corrected chi connectivity index (χ4v) is 2.13. The summed E-state index contributed by atoms with van der Waals surface area (Å²) in [5.74, 6) is -3.17. The average Bonchev–Trinajstić information content (AvgIpc) is 2.26. The molecule has 0 aliphatic rings. The average molecular weight is 401 g/mol. The van der Waals surface area contributed by atoms with Crippen LogP contribution >= 0.6 is 22.6 Å². The summed E-state index contributed by atoms with van der Waals surface area (Å²) in [5.41, 5.74) is 0.834. The number of amides is 1. The summed E-state index contributed by atoms with van der Waals surface area (Å²) < 4.78 is 35.5. The molecule has 0 radical (unpaired) electrons. The zero-order valence-corrected chi connectivity index (χ0v) is 12.7. The standard InChI is InChI=1S/C12H11F3INO3/c1-6-5-7(3-4-8(6)9(18)19)11(2,16)17-10(20)12(13,14)15/h3-5H,1-2H3,(H,17,20)(H,18,19). The van der Waals surface area contributed by atoms with E-state index in [1.165, 1.54) is 32.0 Å². The van der Waals surface area contributed by atoms with Gasteiger partial charge in [0.1, 0.15) is 3.55 Å². The van der Waals surface area contributed by atoms with Crippen molar-refractivity contribution in [2.45, 2.75) is 23.6 Å². The van der Waals surface area contributed by atoms with Crippen molar-refractivity contribution in [3.63, 3.8) is 0 Å². The van der Waals surface area contributed by atoms with E-state index in [1.807, 2.05) is 5.32 Å². The van der Waals surface area contributed by atoms with Crippen LogP contribution in [0.1, 0.15) is 28.4 Å². The van der Waals surface area contributed by atoms with E-state index < -0.39 is 21.6 Å². The highest BCUT2D eigenvalue weighted by Crippen LogP contribution is 2.31. The molecule has 0 aliphatic heterocycles. The third kappa shape index (κ3) is 3.84. The zero-order valence-electron chi connectivity index (χ0n) is 10.5. The monoisotopic (exact) mass is 401 g/mol. The Morgan fingerprint density at radius 2 is 1.85 bits per heavy atom. The van der Waals surface area contributed by atoms with Gasteiger partial charge in [0.25, 0.3) is 0 Å². The number of hydrogen-bond acceptors (Lipinski definition) is 2. The quantitative estimate of drug-likeness (QED) is 0.465. The number of aromatic carboxylic acids is 1. The lowest BCUT2D eigenvalue weighted by molar-refractivity contribution is -0.174. The molecule has 0 bridgehead atoms. The molecule has 2 N–H and O–H groups in total. The van der Waals surface area contributed by atoms with Gasteiger partial charge in [0, 0.05) is 0 Å². The molecule has 0 saturated carbocycles. The van der Waals surface area contributed by atoms with Crippen LogP contribution in [0.25, 0.3) is 0 Å². The highest BCUT2D eigenvalue weighted by Gasteiger charge is 2.42. The molecule has 0 aliphatic carbocycles. The number of hydrogen-bond donors (Lipinski definition) is 2. The van der Waals surface area contributed by atoms with E-state index >= 15 is 0 Å². The minimum atomic E-state index is -4.97. The minimum Gasteiger partial charge on any atom is -0.478 e. The van der Waals surface area contributed by atoms with Crippen LogP contribution in [0.3, 0.4) is 0 Å². The summed E-state index contributed by atoms with van der Waals surface area (Å²) in [6.45, 7) is 2.93. The number of carbonyl (C=O) groups excluding carboxylic acids is 1. The molecule has 1 unspecified atom stereocenters. The maximum Gasteiger partial charge on any atom is 0.471 e. The van der Waals surface area contributed by atoms with E-state index in [2.05, 4.69) is 0 Å². The smallest absolute Gasteiger partial charge is 0.471 e. The molecule has 110 valence electrons. The van der Waals surface area contributed by atoms with Crippen molar-refractivity contribution in [3.05, 3.63) is 34.9 Å². The summed E-state index contributed by atoms with van der Waals surface area (Å²) in [7, 11) is 0. The van der Waals surface area contributed by atoms with Crippen LogP contribution < -0.4 is 5.32 Å². The van der Waals surface area contributed by atoms with Crippen LogP contribution in [0.2, 0.25) is 0 Å². The lowest BCUT2D eigenvalue weighted by Crippen LogP contribution is -2.45. The molecule has 8 heteroatoms. The molecule has 0 spiro atoms. The molecule has 20 heavy (non-hydrogen) atoms. The van der Waals surface area contributed by atoms with E-state index in [9.17, 15) is 22.8 Å². The maximum absolute atomic E-state index is 12.3. The predicted molar refractivity (Wildman–Crippen MR) is 73.7 cm³/mol. The molecular formula is C12H11F3INO3. The third-order valence-electron chi connectivity index (χ3n) is 2.60. The van der Waals surface area contributed by atoms with Crippen LogP contribution in [0.5, 0.6) is 0 Å². The molecule has 1 atom stereocenters. The largest absolute Gasteiger partial charge is 0.478 e. The highest BCUT2D eigenvalue weighted by atomic mass is 127. The number of carboxylic acids is 1. The Balaban J connectivity index is 3.07. The Hall–Kier alpha value is -1.32. The summed E-state index contributed by atoms with van der Waals surface area (Å²) in [6.07, 6.45) is -4.97. The first-order valence-electron chi connectivity index (χ1n) is 5.38. The van der Waals surface area contributed by atoms with Gasteiger partial charge < -0.3 is 10.4 Å². The van der Waals surface area contributed by atoms with Gasteiger partial charge in [-0.05, 0) is 53.6 Å². The first kappa shape index (κ1) is 16.7. The van der Waals surface area contributed by atoms with Crippen molar-refractivity contribution in [2.75, 3.05) is 0 Å². The molecule has 1 amide bonds. The van der Waals surface area contributed by atoms with Gasteiger partial charge in [-0.2, -0.15) is 13.2 Å². The van der Waals surface area contributed by atoms with Crippen LogP contribution in [0.15, 0.2) is 18.2 Å². The molecule has 0 fully saturated rings. The van der Waals surface area contributed by atoms with Crippen LogP contribution in [-0.4, -0.2) is 23.2 Å². The summed E-state index contributed by atoms with van der Waals surface area (Å²) in [5, 5.41) is 10.8. The molecule has 0 heterocycles. The molecule has 1 rings (SSSR count). The summed E-state index contributed by atoms with van der Waals surface area (Å²) >= 11 is 1.66. The Bertz CT molecular complexity index is 555. The third-order valence-corrected chi connectivity index (χ3v) is 3.50. The molecule has 0 saturated heterocycles. The van der Waals surface area contributed by atoms with Crippen LogP contribution in [0.4, 0.5) is 13.2 Å². The Labute approximate surface area is 126 Å². The van der Waals surface area contributed by atoms with E-state index in [1.54, 1.807) is 22.6 Å². The van der Waals surface area contributed by atoms with Crippen molar-refractivity contribution in [2.24, 2.45) is 0 Å². The van der Waals surface area contributed by atoms with Gasteiger partial charge in [-0.15, -0.1) is 0 Å². The number of aryl methyl sites for hydroxylation is 1. The number of rotatable bonds is 3. The number of benzene rings is 1. The summed E-state index contributed by atoms with van der Waals surface area (Å²) in [4.78, 5) is 21.9. The topological polar surface area (TPSA) is 66.4 Å². The van der Waals surface area contributed by atoms with Crippen molar-refractivity contribution < 1.29 is 27.9 Å². The van der Waals surface area contributed by atoms with Crippen LogP contribution in [-0.2, 0) is 8.34 Å². The lowest BCUT2D eigenvalue weighted by atomic mass is 10.0. The second-order valence-corrected chi connectivity index (χ2v) is 6.45. The van der Waals surface area contributed by atoms with Crippen molar-refractivity contribution >= 4 is 34.5 Å².